The van der Waals surface area contributed by atoms with E-state index >= 15 is 0 Å². The molecule has 1 aromatic carbocycles. The first-order valence-corrected chi connectivity index (χ1v) is 6.18. The SMILES string of the molecule is CNC1CN(c2ccc(-c3ccccc3)nn2)C1. The van der Waals surface area contributed by atoms with E-state index in [2.05, 4.69) is 20.4 Å². The topological polar surface area (TPSA) is 41.0 Å². The Labute approximate surface area is 107 Å². The van der Waals surface area contributed by atoms with E-state index in [1.54, 1.807) is 0 Å². The Kier molecular flexibility index (Phi) is 2.94. The molecule has 1 fully saturated rings. The van der Waals surface area contributed by atoms with Crippen molar-refractivity contribution in [2.45, 2.75) is 6.04 Å². The molecule has 2 aromatic rings. The summed E-state index contributed by atoms with van der Waals surface area (Å²) in [6.07, 6.45) is 0. The number of aromatic nitrogens is 2. The molecule has 18 heavy (non-hydrogen) atoms. The quantitative estimate of drug-likeness (QED) is 0.884. The largest absolute Gasteiger partial charge is 0.352 e. The van der Waals surface area contributed by atoms with Crippen LogP contribution in [0, 0.1) is 0 Å². The molecule has 1 N–H and O–H groups in total. The van der Waals surface area contributed by atoms with E-state index in [1.807, 2.05) is 49.5 Å². The van der Waals surface area contributed by atoms with E-state index in [9.17, 15) is 0 Å². The fourth-order valence-corrected chi connectivity index (χ4v) is 2.10. The normalized spacial score (nSPS) is 15.5. The molecule has 0 atom stereocenters. The molecule has 0 aliphatic carbocycles. The Balaban J connectivity index is 1.74. The number of likely N-dealkylation sites (N-methyl/N-ethyl adjacent to an activating group) is 1. The molecule has 4 heteroatoms. The van der Waals surface area contributed by atoms with Gasteiger partial charge in [0.25, 0.3) is 0 Å². The highest BCUT2D eigenvalue weighted by atomic mass is 15.3. The van der Waals surface area contributed by atoms with Gasteiger partial charge in [-0.25, -0.2) is 0 Å². The van der Waals surface area contributed by atoms with Crippen LogP contribution in [0.25, 0.3) is 11.3 Å². The van der Waals surface area contributed by atoms with E-state index in [0.29, 0.717) is 6.04 Å². The summed E-state index contributed by atoms with van der Waals surface area (Å²) in [4.78, 5) is 2.23. The van der Waals surface area contributed by atoms with Crippen molar-refractivity contribution in [2.75, 3.05) is 25.0 Å². The molecule has 0 spiro atoms. The van der Waals surface area contributed by atoms with Crippen LogP contribution in [0.4, 0.5) is 5.82 Å². The average molecular weight is 240 g/mol. The standard InChI is InChI=1S/C14H16N4/c1-15-12-9-18(10-12)14-8-7-13(16-17-14)11-5-3-2-4-6-11/h2-8,12,15H,9-10H2,1H3. The van der Waals surface area contributed by atoms with Crippen molar-refractivity contribution < 1.29 is 0 Å². The van der Waals surface area contributed by atoms with E-state index in [0.717, 1.165) is 30.2 Å². The van der Waals surface area contributed by atoms with Crippen molar-refractivity contribution in [3.63, 3.8) is 0 Å². The maximum Gasteiger partial charge on any atom is 0.151 e. The van der Waals surface area contributed by atoms with Crippen molar-refractivity contribution in [3.05, 3.63) is 42.5 Å². The van der Waals surface area contributed by atoms with Crippen molar-refractivity contribution in [1.82, 2.24) is 15.5 Å². The second-order valence-corrected chi connectivity index (χ2v) is 4.53. The van der Waals surface area contributed by atoms with E-state index in [-0.39, 0.29) is 0 Å². The first kappa shape index (κ1) is 11.2. The smallest absolute Gasteiger partial charge is 0.151 e. The molecule has 0 amide bonds. The Morgan fingerprint density at radius 3 is 2.44 bits per heavy atom. The maximum atomic E-state index is 4.29. The Morgan fingerprint density at radius 2 is 1.83 bits per heavy atom. The van der Waals surface area contributed by atoms with Crippen molar-refractivity contribution in [3.8, 4) is 11.3 Å². The zero-order chi connectivity index (χ0) is 12.4. The summed E-state index contributed by atoms with van der Waals surface area (Å²) in [6.45, 7) is 2.02. The van der Waals surface area contributed by atoms with Crippen molar-refractivity contribution in [2.24, 2.45) is 0 Å². The van der Waals surface area contributed by atoms with E-state index in [4.69, 9.17) is 0 Å². The van der Waals surface area contributed by atoms with Crippen LogP contribution in [0.1, 0.15) is 0 Å². The third-order valence-corrected chi connectivity index (χ3v) is 3.33. The lowest BCUT2D eigenvalue weighted by molar-refractivity contribution is 0.446. The minimum atomic E-state index is 0.584. The van der Waals surface area contributed by atoms with E-state index in [1.165, 1.54) is 0 Å². The number of nitrogens with zero attached hydrogens (tertiary/aromatic N) is 3. The number of hydrogen-bond acceptors (Lipinski definition) is 4. The van der Waals surface area contributed by atoms with Gasteiger partial charge >= 0.3 is 0 Å². The number of hydrogen-bond donors (Lipinski definition) is 1. The molecule has 92 valence electrons. The summed E-state index contributed by atoms with van der Waals surface area (Å²) >= 11 is 0. The molecule has 4 nitrogen and oxygen atoms in total. The molecule has 0 radical (unpaired) electrons. The second-order valence-electron chi connectivity index (χ2n) is 4.53. The molecule has 1 aromatic heterocycles. The fraction of sp³-hybridized carbons (Fsp3) is 0.286. The first-order chi connectivity index (χ1) is 8.86. The van der Waals surface area contributed by atoms with Crippen LogP contribution in [0.15, 0.2) is 42.5 Å². The zero-order valence-corrected chi connectivity index (χ0v) is 10.4. The van der Waals surface area contributed by atoms with Gasteiger partial charge in [-0.3, -0.25) is 0 Å². The lowest BCUT2D eigenvalue weighted by atomic mass is 10.1. The predicted molar refractivity (Wildman–Crippen MR) is 72.5 cm³/mol. The minimum Gasteiger partial charge on any atom is -0.352 e. The number of nitrogens with one attached hydrogen (secondary N) is 1. The summed E-state index contributed by atoms with van der Waals surface area (Å²) in [6, 6.07) is 14.8. The highest BCUT2D eigenvalue weighted by Gasteiger charge is 2.26. The van der Waals surface area contributed by atoms with Crippen LogP contribution >= 0.6 is 0 Å². The van der Waals surface area contributed by atoms with Crippen LogP contribution in [0.2, 0.25) is 0 Å². The highest BCUT2D eigenvalue weighted by Crippen LogP contribution is 2.20. The Morgan fingerprint density at radius 1 is 1.06 bits per heavy atom. The van der Waals surface area contributed by atoms with Crippen LogP contribution in [-0.2, 0) is 0 Å². The van der Waals surface area contributed by atoms with Crippen LogP contribution in [-0.4, -0.2) is 36.4 Å². The van der Waals surface area contributed by atoms with Gasteiger partial charge in [-0.1, -0.05) is 30.3 Å². The van der Waals surface area contributed by atoms with Crippen LogP contribution < -0.4 is 10.2 Å². The second kappa shape index (κ2) is 4.74. The zero-order valence-electron chi connectivity index (χ0n) is 10.4. The number of rotatable bonds is 3. The number of benzene rings is 1. The van der Waals surface area contributed by atoms with Gasteiger partial charge in [0.1, 0.15) is 0 Å². The predicted octanol–water partition coefficient (Wildman–Crippen LogP) is 1.55. The highest BCUT2D eigenvalue weighted by molar-refractivity contribution is 5.59. The van der Waals surface area contributed by atoms with E-state index < -0.39 is 0 Å². The minimum absolute atomic E-state index is 0.584. The Bertz CT molecular complexity index is 503. The lowest BCUT2D eigenvalue weighted by Crippen LogP contribution is -2.57. The third kappa shape index (κ3) is 2.07. The molecule has 1 aliphatic rings. The van der Waals surface area contributed by atoms with Crippen molar-refractivity contribution >= 4 is 5.82 Å². The molecule has 3 rings (SSSR count). The van der Waals surface area contributed by atoms with Crippen LogP contribution in [0.3, 0.4) is 0 Å². The summed E-state index contributed by atoms with van der Waals surface area (Å²) in [5.41, 5.74) is 2.03. The first-order valence-electron chi connectivity index (χ1n) is 6.18. The monoisotopic (exact) mass is 240 g/mol. The van der Waals surface area contributed by atoms with Gasteiger partial charge in [-0.05, 0) is 19.2 Å². The molecule has 1 saturated heterocycles. The average Bonchev–Trinajstić information content (AvgIpc) is 2.39. The third-order valence-electron chi connectivity index (χ3n) is 3.33. The van der Waals surface area contributed by atoms with Gasteiger partial charge in [0.2, 0.25) is 0 Å². The lowest BCUT2D eigenvalue weighted by Gasteiger charge is -2.39. The van der Waals surface area contributed by atoms with Gasteiger partial charge in [-0.15, -0.1) is 10.2 Å². The van der Waals surface area contributed by atoms with Gasteiger partial charge in [0.15, 0.2) is 5.82 Å². The fourth-order valence-electron chi connectivity index (χ4n) is 2.10. The van der Waals surface area contributed by atoms with Gasteiger partial charge in [0, 0.05) is 24.7 Å². The summed E-state index contributed by atoms with van der Waals surface area (Å²) < 4.78 is 0. The molecular formula is C14H16N4. The van der Waals surface area contributed by atoms with Crippen molar-refractivity contribution in [1.29, 1.82) is 0 Å². The van der Waals surface area contributed by atoms with Crippen LogP contribution in [0.5, 0.6) is 0 Å². The molecule has 2 heterocycles. The summed E-state index contributed by atoms with van der Waals surface area (Å²) in [5.74, 6) is 0.959. The maximum absolute atomic E-state index is 4.29. The van der Waals surface area contributed by atoms with Gasteiger partial charge in [0.05, 0.1) is 5.69 Å². The molecule has 1 aliphatic heterocycles. The molecular weight excluding hydrogens is 224 g/mol. The molecule has 0 bridgehead atoms. The van der Waals surface area contributed by atoms with Gasteiger partial charge in [-0.2, -0.15) is 0 Å². The molecule has 0 unspecified atom stereocenters. The summed E-state index contributed by atoms with van der Waals surface area (Å²) in [7, 11) is 1.99. The number of anilines is 1. The molecule has 0 saturated carbocycles. The van der Waals surface area contributed by atoms with Gasteiger partial charge < -0.3 is 10.2 Å². The summed E-state index contributed by atoms with van der Waals surface area (Å²) in [5, 5.41) is 11.8. The Hall–Kier alpha value is -1.94.